The van der Waals surface area contributed by atoms with E-state index in [0.29, 0.717) is 12.0 Å². The molecule has 18 heavy (non-hydrogen) atoms. The van der Waals surface area contributed by atoms with Gasteiger partial charge in [-0.3, -0.25) is 4.90 Å². The van der Waals surface area contributed by atoms with Gasteiger partial charge in [0.1, 0.15) is 0 Å². The van der Waals surface area contributed by atoms with Crippen molar-refractivity contribution in [3.63, 3.8) is 0 Å². The first-order chi connectivity index (χ1) is 8.76. The zero-order valence-electron chi connectivity index (χ0n) is 11.8. The number of hydrogen-bond acceptors (Lipinski definition) is 4. The van der Waals surface area contributed by atoms with Crippen LogP contribution in [0.25, 0.3) is 0 Å². The number of rotatable bonds is 5. The first-order valence-electron chi connectivity index (χ1n) is 7.07. The Hall–Kier alpha value is -0.450. The van der Waals surface area contributed by atoms with Crippen molar-refractivity contribution in [1.82, 2.24) is 15.2 Å². The molecular weight excluding hydrogens is 242 g/mol. The predicted octanol–water partition coefficient (Wildman–Crippen LogP) is 2.83. The predicted molar refractivity (Wildman–Crippen MR) is 78.1 cm³/mol. The van der Waals surface area contributed by atoms with Crippen LogP contribution in [0.1, 0.15) is 42.9 Å². The third kappa shape index (κ3) is 3.11. The fourth-order valence-corrected chi connectivity index (χ4v) is 3.75. The molecule has 0 amide bonds. The summed E-state index contributed by atoms with van der Waals surface area (Å²) in [4.78, 5) is 7.39. The van der Waals surface area contributed by atoms with E-state index in [1.54, 1.807) is 11.3 Å². The highest BCUT2D eigenvalue weighted by molar-refractivity contribution is 7.09. The van der Waals surface area contributed by atoms with Gasteiger partial charge in [0.05, 0.1) is 16.7 Å². The van der Waals surface area contributed by atoms with Gasteiger partial charge < -0.3 is 5.32 Å². The highest BCUT2D eigenvalue weighted by Gasteiger charge is 2.33. The molecule has 1 saturated heterocycles. The second kappa shape index (κ2) is 6.64. The highest BCUT2D eigenvalue weighted by atomic mass is 32.1. The monoisotopic (exact) mass is 267 g/mol. The highest BCUT2D eigenvalue weighted by Crippen LogP contribution is 2.36. The summed E-state index contributed by atoms with van der Waals surface area (Å²) in [6.45, 7) is 7.90. The Balaban J connectivity index is 2.20. The molecule has 4 heteroatoms. The van der Waals surface area contributed by atoms with Gasteiger partial charge in [-0.25, -0.2) is 4.98 Å². The number of aryl methyl sites for hydroxylation is 1. The van der Waals surface area contributed by atoms with Crippen molar-refractivity contribution in [3.05, 3.63) is 16.1 Å². The Morgan fingerprint density at radius 3 is 3.00 bits per heavy atom. The minimum absolute atomic E-state index is 0.524. The number of likely N-dealkylation sites (tertiary alicyclic amines) is 1. The summed E-state index contributed by atoms with van der Waals surface area (Å²) in [5.74, 6) is 0.705. The Morgan fingerprint density at radius 2 is 2.39 bits per heavy atom. The van der Waals surface area contributed by atoms with Crippen molar-refractivity contribution >= 4 is 11.3 Å². The van der Waals surface area contributed by atoms with E-state index in [2.05, 4.69) is 36.5 Å². The van der Waals surface area contributed by atoms with Crippen LogP contribution in [0.4, 0.5) is 0 Å². The molecule has 0 saturated carbocycles. The van der Waals surface area contributed by atoms with Gasteiger partial charge in [0.2, 0.25) is 0 Å². The van der Waals surface area contributed by atoms with Crippen molar-refractivity contribution in [2.24, 2.45) is 5.92 Å². The number of piperidine rings is 1. The van der Waals surface area contributed by atoms with Crippen LogP contribution in [-0.2, 0) is 0 Å². The minimum atomic E-state index is 0.524. The Kier molecular flexibility index (Phi) is 5.15. The lowest BCUT2D eigenvalue weighted by Gasteiger charge is -2.40. The molecule has 102 valence electrons. The molecule has 1 aromatic heterocycles. The van der Waals surface area contributed by atoms with Crippen LogP contribution < -0.4 is 5.32 Å². The third-order valence-corrected chi connectivity index (χ3v) is 4.57. The standard InChI is InChI=1S/C14H25N3S/c1-4-7-17-8-5-6-12(9-15-3)14(17)13-10-18-11(2)16-13/h10,12,14-15H,4-9H2,1-3H3. The lowest BCUT2D eigenvalue weighted by molar-refractivity contribution is 0.0898. The number of hydrogen-bond donors (Lipinski definition) is 1. The summed E-state index contributed by atoms with van der Waals surface area (Å²) >= 11 is 1.78. The molecule has 0 radical (unpaired) electrons. The second-order valence-corrected chi connectivity index (χ2v) is 6.29. The molecule has 1 fully saturated rings. The zero-order valence-corrected chi connectivity index (χ0v) is 12.6. The number of nitrogens with one attached hydrogen (secondary N) is 1. The Labute approximate surface area is 115 Å². The average Bonchev–Trinajstić information content (AvgIpc) is 2.77. The van der Waals surface area contributed by atoms with Gasteiger partial charge in [-0.15, -0.1) is 11.3 Å². The van der Waals surface area contributed by atoms with Crippen molar-refractivity contribution < 1.29 is 0 Å². The van der Waals surface area contributed by atoms with E-state index in [-0.39, 0.29) is 0 Å². The van der Waals surface area contributed by atoms with Crippen molar-refractivity contribution in [3.8, 4) is 0 Å². The molecule has 3 nitrogen and oxygen atoms in total. The molecule has 1 aliphatic heterocycles. The van der Waals surface area contributed by atoms with Crippen LogP contribution in [0.15, 0.2) is 5.38 Å². The summed E-state index contributed by atoms with van der Waals surface area (Å²) in [5, 5.41) is 6.81. The summed E-state index contributed by atoms with van der Waals surface area (Å²) < 4.78 is 0. The van der Waals surface area contributed by atoms with Crippen molar-refractivity contribution in [2.45, 2.75) is 39.2 Å². The molecule has 1 N–H and O–H groups in total. The SMILES string of the molecule is CCCN1CCCC(CNC)C1c1csc(C)n1. The summed E-state index contributed by atoms with van der Waals surface area (Å²) in [6, 6.07) is 0.524. The van der Waals surface area contributed by atoms with Gasteiger partial charge in [0.15, 0.2) is 0 Å². The molecule has 2 rings (SSSR count). The second-order valence-electron chi connectivity index (χ2n) is 5.23. The van der Waals surface area contributed by atoms with E-state index < -0.39 is 0 Å². The van der Waals surface area contributed by atoms with Gasteiger partial charge in [0.25, 0.3) is 0 Å². The molecular formula is C14H25N3S. The Morgan fingerprint density at radius 1 is 1.56 bits per heavy atom. The van der Waals surface area contributed by atoms with Gasteiger partial charge >= 0.3 is 0 Å². The average molecular weight is 267 g/mol. The maximum Gasteiger partial charge on any atom is 0.0898 e. The van der Waals surface area contributed by atoms with Crippen LogP contribution in [0.3, 0.4) is 0 Å². The first kappa shape index (κ1) is 14.0. The molecule has 0 aromatic carbocycles. The topological polar surface area (TPSA) is 28.2 Å². The van der Waals surface area contributed by atoms with Crippen LogP contribution in [0.2, 0.25) is 0 Å². The van der Waals surface area contributed by atoms with Gasteiger partial charge in [-0.2, -0.15) is 0 Å². The number of aromatic nitrogens is 1. The fourth-order valence-electron chi connectivity index (χ4n) is 3.11. The molecule has 0 bridgehead atoms. The molecule has 2 unspecified atom stereocenters. The normalized spacial score (nSPS) is 25.5. The van der Waals surface area contributed by atoms with E-state index in [0.717, 1.165) is 6.54 Å². The quantitative estimate of drug-likeness (QED) is 0.889. The first-order valence-corrected chi connectivity index (χ1v) is 7.95. The van der Waals surface area contributed by atoms with Crippen LogP contribution in [0, 0.1) is 12.8 Å². The fraction of sp³-hybridized carbons (Fsp3) is 0.786. The maximum absolute atomic E-state index is 4.75. The minimum Gasteiger partial charge on any atom is -0.319 e. The van der Waals surface area contributed by atoms with E-state index in [4.69, 9.17) is 4.98 Å². The van der Waals surface area contributed by atoms with Gasteiger partial charge in [-0.1, -0.05) is 6.92 Å². The summed E-state index contributed by atoms with van der Waals surface area (Å²) in [5.41, 5.74) is 1.30. The molecule has 1 aromatic rings. The summed E-state index contributed by atoms with van der Waals surface area (Å²) in [6.07, 6.45) is 3.88. The lowest BCUT2D eigenvalue weighted by atomic mass is 9.87. The van der Waals surface area contributed by atoms with E-state index >= 15 is 0 Å². The zero-order chi connectivity index (χ0) is 13.0. The van der Waals surface area contributed by atoms with Crippen LogP contribution >= 0.6 is 11.3 Å². The molecule has 2 heterocycles. The van der Waals surface area contributed by atoms with E-state index in [9.17, 15) is 0 Å². The maximum atomic E-state index is 4.75. The van der Waals surface area contributed by atoms with Crippen LogP contribution in [0.5, 0.6) is 0 Å². The number of thiazole rings is 1. The smallest absolute Gasteiger partial charge is 0.0898 e. The van der Waals surface area contributed by atoms with Gasteiger partial charge in [0, 0.05) is 5.38 Å². The molecule has 2 atom stereocenters. The largest absolute Gasteiger partial charge is 0.319 e. The summed E-state index contributed by atoms with van der Waals surface area (Å²) in [7, 11) is 2.06. The van der Waals surface area contributed by atoms with Crippen LogP contribution in [-0.4, -0.2) is 36.6 Å². The Bertz CT molecular complexity index is 346. The lowest BCUT2D eigenvalue weighted by Crippen LogP contribution is -2.42. The molecule has 0 aliphatic carbocycles. The van der Waals surface area contributed by atoms with Gasteiger partial charge in [-0.05, 0) is 58.8 Å². The third-order valence-electron chi connectivity index (χ3n) is 3.78. The van der Waals surface area contributed by atoms with E-state index in [1.165, 1.54) is 43.1 Å². The molecule has 0 spiro atoms. The van der Waals surface area contributed by atoms with Crippen molar-refractivity contribution in [1.29, 1.82) is 0 Å². The molecule has 1 aliphatic rings. The van der Waals surface area contributed by atoms with E-state index in [1.807, 2.05) is 0 Å². The number of nitrogens with zero attached hydrogens (tertiary/aromatic N) is 2. The van der Waals surface area contributed by atoms with Crippen molar-refractivity contribution in [2.75, 3.05) is 26.7 Å².